The number of ether oxygens (including phenoxy) is 1. The van der Waals surface area contributed by atoms with E-state index in [0.29, 0.717) is 0 Å². The molecule has 7 heteroatoms. The van der Waals surface area contributed by atoms with Crippen molar-refractivity contribution in [3.05, 3.63) is 34.7 Å². The van der Waals surface area contributed by atoms with Crippen LogP contribution in [-0.2, 0) is 12.8 Å². The maximum Gasteiger partial charge on any atom is 0.192 e. The molecule has 5 rings (SSSR count). The van der Waals surface area contributed by atoms with E-state index >= 15 is 0 Å². The van der Waals surface area contributed by atoms with Crippen molar-refractivity contribution in [1.82, 2.24) is 25.0 Å². The lowest BCUT2D eigenvalue weighted by molar-refractivity contribution is 0.415. The number of tetrazole rings is 1. The van der Waals surface area contributed by atoms with Crippen molar-refractivity contribution in [2.45, 2.75) is 25.7 Å². The summed E-state index contributed by atoms with van der Waals surface area (Å²) in [6.07, 6.45) is 4.72. The number of aryl methyl sites for hydroxylation is 2. The molecule has 0 atom stereocenters. The third kappa shape index (κ3) is 1.94. The van der Waals surface area contributed by atoms with Crippen LogP contribution >= 0.6 is 11.3 Å². The van der Waals surface area contributed by atoms with Gasteiger partial charge >= 0.3 is 0 Å². The van der Waals surface area contributed by atoms with Crippen LogP contribution in [-0.4, -0.2) is 32.1 Å². The molecule has 1 aliphatic carbocycles. The minimum atomic E-state index is 0.767. The quantitative estimate of drug-likeness (QED) is 0.561. The summed E-state index contributed by atoms with van der Waals surface area (Å²) in [5, 5.41) is 13.5. The van der Waals surface area contributed by atoms with E-state index in [1.54, 1.807) is 23.0 Å². The minimum Gasteiger partial charge on any atom is -0.497 e. The van der Waals surface area contributed by atoms with E-state index in [1.807, 2.05) is 24.3 Å². The average molecular weight is 337 g/mol. The number of thiophene rings is 1. The van der Waals surface area contributed by atoms with Crippen molar-refractivity contribution in [3.63, 3.8) is 0 Å². The van der Waals surface area contributed by atoms with Crippen molar-refractivity contribution in [1.29, 1.82) is 0 Å². The van der Waals surface area contributed by atoms with Crippen LogP contribution in [0.1, 0.15) is 23.3 Å². The Morgan fingerprint density at radius 1 is 1.12 bits per heavy atom. The molecule has 0 saturated carbocycles. The number of hydrogen-bond donors (Lipinski definition) is 0. The van der Waals surface area contributed by atoms with Gasteiger partial charge in [0, 0.05) is 10.4 Å². The van der Waals surface area contributed by atoms with Gasteiger partial charge < -0.3 is 4.74 Å². The summed E-state index contributed by atoms with van der Waals surface area (Å²) in [7, 11) is 1.66. The summed E-state index contributed by atoms with van der Waals surface area (Å²) in [4.78, 5) is 7.39. The molecule has 1 aliphatic rings. The SMILES string of the molecule is COc1ccc(-c2nc3sc4c(c3c3nnnn23)CCCC4)cc1. The Morgan fingerprint density at radius 2 is 1.96 bits per heavy atom. The van der Waals surface area contributed by atoms with Gasteiger partial charge in [0.2, 0.25) is 0 Å². The van der Waals surface area contributed by atoms with Crippen LogP contribution in [0.2, 0.25) is 0 Å². The molecular weight excluding hydrogens is 322 g/mol. The minimum absolute atomic E-state index is 0.767. The first-order valence-corrected chi connectivity index (χ1v) is 8.83. The van der Waals surface area contributed by atoms with Crippen molar-refractivity contribution in [2.75, 3.05) is 7.11 Å². The lowest BCUT2D eigenvalue weighted by Gasteiger charge is -2.10. The number of nitrogens with zero attached hydrogens (tertiary/aromatic N) is 5. The van der Waals surface area contributed by atoms with Crippen LogP contribution in [0.25, 0.3) is 27.3 Å². The summed E-state index contributed by atoms with van der Waals surface area (Å²) < 4.78 is 6.99. The van der Waals surface area contributed by atoms with E-state index in [1.165, 1.54) is 23.3 Å². The second-order valence-electron chi connectivity index (χ2n) is 5.97. The first-order chi connectivity index (χ1) is 11.8. The van der Waals surface area contributed by atoms with Crippen LogP contribution in [0.4, 0.5) is 0 Å². The molecule has 0 spiro atoms. The largest absolute Gasteiger partial charge is 0.497 e. The Labute approximate surface area is 142 Å². The normalized spacial score (nSPS) is 14.2. The maximum absolute atomic E-state index is 5.24. The summed E-state index contributed by atoms with van der Waals surface area (Å²) in [6, 6.07) is 7.83. The van der Waals surface area contributed by atoms with Gasteiger partial charge in [-0.15, -0.1) is 16.4 Å². The molecule has 0 saturated heterocycles. The van der Waals surface area contributed by atoms with E-state index in [0.717, 1.165) is 45.8 Å². The molecule has 1 aromatic carbocycles. The molecule has 0 amide bonds. The summed E-state index contributed by atoms with van der Waals surface area (Å²) >= 11 is 1.79. The van der Waals surface area contributed by atoms with Gasteiger partial charge in [-0.1, -0.05) is 0 Å². The van der Waals surface area contributed by atoms with Gasteiger partial charge in [-0.25, -0.2) is 4.98 Å². The van der Waals surface area contributed by atoms with Crippen LogP contribution in [0.5, 0.6) is 5.75 Å². The Balaban J connectivity index is 1.80. The lowest BCUT2D eigenvalue weighted by atomic mass is 9.97. The van der Waals surface area contributed by atoms with Crippen LogP contribution < -0.4 is 4.74 Å². The average Bonchev–Trinajstić information content (AvgIpc) is 3.24. The van der Waals surface area contributed by atoms with Crippen LogP contribution in [0.3, 0.4) is 0 Å². The fourth-order valence-corrected chi connectivity index (χ4v) is 4.67. The highest BCUT2D eigenvalue weighted by molar-refractivity contribution is 7.19. The summed E-state index contributed by atoms with van der Waals surface area (Å²) in [5.41, 5.74) is 3.18. The molecule has 0 radical (unpaired) electrons. The van der Waals surface area contributed by atoms with Crippen molar-refractivity contribution >= 4 is 27.2 Å². The monoisotopic (exact) mass is 337 g/mol. The highest BCUT2D eigenvalue weighted by atomic mass is 32.1. The van der Waals surface area contributed by atoms with E-state index in [9.17, 15) is 0 Å². The van der Waals surface area contributed by atoms with Gasteiger partial charge in [0.1, 0.15) is 10.6 Å². The Morgan fingerprint density at radius 3 is 2.79 bits per heavy atom. The smallest absolute Gasteiger partial charge is 0.192 e. The molecule has 0 fully saturated rings. The molecule has 6 nitrogen and oxygen atoms in total. The predicted molar refractivity (Wildman–Crippen MR) is 92.6 cm³/mol. The highest BCUT2D eigenvalue weighted by Gasteiger charge is 2.22. The van der Waals surface area contributed by atoms with E-state index in [4.69, 9.17) is 9.72 Å². The maximum atomic E-state index is 5.24. The fraction of sp³-hybridized carbons (Fsp3) is 0.294. The van der Waals surface area contributed by atoms with Crippen LogP contribution in [0.15, 0.2) is 24.3 Å². The fourth-order valence-electron chi connectivity index (χ4n) is 3.42. The first kappa shape index (κ1) is 13.9. The van der Waals surface area contributed by atoms with Crippen molar-refractivity contribution in [3.8, 4) is 17.1 Å². The van der Waals surface area contributed by atoms with Crippen molar-refractivity contribution in [2.24, 2.45) is 0 Å². The zero-order valence-electron chi connectivity index (χ0n) is 13.2. The second kappa shape index (κ2) is 5.24. The molecular formula is C17H15N5OS. The molecule has 0 unspecified atom stereocenters. The number of aromatic nitrogens is 5. The number of benzene rings is 1. The topological polar surface area (TPSA) is 65.2 Å². The first-order valence-electron chi connectivity index (χ1n) is 8.02. The van der Waals surface area contributed by atoms with Gasteiger partial charge in [-0.05, 0) is 65.9 Å². The molecule has 3 heterocycles. The second-order valence-corrected chi connectivity index (χ2v) is 7.05. The zero-order valence-corrected chi connectivity index (χ0v) is 14.0. The van der Waals surface area contributed by atoms with Gasteiger partial charge in [0.15, 0.2) is 11.5 Å². The van der Waals surface area contributed by atoms with E-state index in [2.05, 4.69) is 15.5 Å². The summed E-state index contributed by atoms with van der Waals surface area (Å²) in [6.45, 7) is 0. The predicted octanol–water partition coefficient (Wildman–Crippen LogP) is 3.29. The Bertz CT molecular complexity index is 1050. The number of rotatable bonds is 2. The van der Waals surface area contributed by atoms with Gasteiger partial charge in [-0.2, -0.15) is 4.52 Å². The molecule has 3 aromatic heterocycles. The van der Waals surface area contributed by atoms with Gasteiger partial charge in [0.25, 0.3) is 0 Å². The Kier molecular flexibility index (Phi) is 3.02. The summed E-state index contributed by atoms with van der Waals surface area (Å²) in [5.74, 6) is 1.59. The molecule has 4 aromatic rings. The van der Waals surface area contributed by atoms with E-state index < -0.39 is 0 Å². The van der Waals surface area contributed by atoms with Crippen molar-refractivity contribution < 1.29 is 4.74 Å². The molecule has 24 heavy (non-hydrogen) atoms. The third-order valence-electron chi connectivity index (χ3n) is 4.60. The van der Waals surface area contributed by atoms with Gasteiger partial charge in [-0.3, -0.25) is 0 Å². The number of methoxy groups -OCH3 is 1. The van der Waals surface area contributed by atoms with Crippen LogP contribution in [0, 0.1) is 0 Å². The standard InChI is InChI=1S/C17H15N5OS/c1-23-11-8-6-10(7-9-11)15-18-17-14(16-19-20-21-22(15)16)12-4-2-3-5-13(12)24-17/h6-9H,2-5H2,1H3. The molecule has 0 bridgehead atoms. The molecule has 0 aliphatic heterocycles. The third-order valence-corrected chi connectivity index (χ3v) is 5.79. The van der Waals surface area contributed by atoms with E-state index in [-0.39, 0.29) is 0 Å². The molecule has 0 N–H and O–H groups in total. The van der Waals surface area contributed by atoms with Gasteiger partial charge in [0.05, 0.1) is 12.5 Å². The molecule has 120 valence electrons. The number of fused-ring (bicyclic) bond motifs is 5. The zero-order chi connectivity index (χ0) is 16.1. The lowest BCUT2D eigenvalue weighted by Crippen LogP contribution is -2.01. The Hall–Kier alpha value is -2.54. The highest BCUT2D eigenvalue weighted by Crippen LogP contribution is 2.38. The number of hydrogen-bond acceptors (Lipinski definition) is 6.